The SMILES string of the molecule is Cc1cc(OCc2ncccc2F)c2nc(C)c(C(=O)N[C@@H](CCCC(F)(F)F)C(=O)O)n2c1. The van der Waals surface area contributed by atoms with Gasteiger partial charge in [0.05, 0.1) is 5.69 Å². The second kappa shape index (κ2) is 10.1. The molecule has 34 heavy (non-hydrogen) atoms. The van der Waals surface area contributed by atoms with Crippen LogP contribution in [0, 0.1) is 19.7 Å². The number of carboxylic acid groups (broad SMARTS) is 1. The number of aromatic nitrogens is 3. The van der Waals surface area contributed by atoms with Crippen molar-refractivity contribution < 1.29 is 37.0 Å². The van der Waals surface area contributed by atoms with Gasteiger partial charge in [0.1, 0.15) is 29.9 Å². The van der Waals surface area contributed by atoms with Crippen LogP contribution in [0.4, 0.5) is 17.6 Å². The second-order valence-electron chi connectivity index (χ2n) is 7.71. The summed E-state index contributed by atoms with van der Waals surface area (Å²) < 4.78 is 58.2. The van der Waals surface area contributed by atoms with Gasteiger partial charge in [0.2, 0.25) is 0 Å². The molecule has 0 aliphatic rings. The topological polar surface area (TPSA) is 106 Å². The van der Waals surface area contributed by atoms with Crippen LogP contribution in [0.25, 0.3) is 5.65 Å². The van der Waals surface area contributed by atoms with E-state index in [4.69, 9.17) is 4.74 Å². The fraction of sp³-hybridized carbons (Fsp3) is 0.364. The average molecular weight is 482 g/mol. The molecule has 0 aliphatic carbocycles. The summed E-state index contributed by atoms with van der Waals surface area (Å²) in [5.41, 5.74) is 1.22. The Hall–Kier alpha value is -3.70. The lowest BCUT2D eigenvalue weighted by molar-refractivity contribution is -0.142. The summed E-state index contributed by atoms with van der Waals surface area (Å²) in [5, 5.41) is 11.6. The number of pyridine rings is 2. The number of carbonyl (C=O) groups excluding carboxylic acids is 1. The molecule has 2 N–H and O–H groups in total. The van der Waals surface area contributed by atoms with Gasteiger partial charge in [-0.2, -0.15) is 13.2 Å². The van der Waals surface area contributed by atoms with Crippen LogP contribution in [0.5, 0.6) is 5.75 Å². The summed E-state index contributed by atoms with van der Waals surface area (Å²) in [6, 6.07) is 2.82. The summed E-state index contributed by atoms with van der Waals surface area (Å²) in [7, 11) is 0. The predicted octanol–water partition coefficient (Wildman–Crippen LogP) is 3.98. The van der Waals surface area contributed by atoms with E-state index in [1.54, 1.807) is 19.2 Å². The Morgan fingerprint density at radius 1 is 1.29 bits per heavy atom. The third-order valence-corrected chi connectivity index (χ3v) is 4.97. The summed E-state index contributed by atoms with van der Waals surface area (Å²) in [6.07, 6.45) is -3.41. The fourth-order valence-electron chi connectivity index (χ4n) is 3.40. The molecule has 0 aliphatic heterocycles. The maximum Gasteiger partial charge on any atom is 0.389 e. The predicted molar refractivity (Wildman–Crippen MR) is 112 cm³/mol. The van der Waals surface area contributed by atoms with Gasteiger partial charge >= 0.3 is 12.1 Å². The number of amides is 1. The van der Waals surface area contributed by atoms with Crippen LogP contribution in [-0.2, 0) is 11.4 Å². The van der Waals surface area contributed by atoms with Crippen LogP contribution in [0.15, 0.2) is 30.6 Å². The van der Waals surface area contributed by atoms with E-state index in [0.29, 0.717) is 5.56 Å². The van der Waals surface area contributed by atoms with E-state index in [1.807, 2.05) is 0 Å². The highest BCUT2D eigenvalue weighted by atomic mass is 19.4. The largest absolute Gasteiger partial charge is 0.483 e. The highest BCUT2D eigenvalue weighted by Gasteiger charge is 2.29. The number of fused-ring (bicyclic) bond motifs is 1. The number of carbonyl (C=O) groups is 2. The van der Waals surface area contributed by atoms with Crippen molar-refractivity contribution in [3.05, 3.63) is 59.1 Å². The number of hydrogen-bond donors (Lipinski definition) is 2. The normalized spacial score (nSPS) is 12.5. The van der Waals surface area contributed by atoms with Crippen LogP contribution < -0.4 is 10.1 Å². The molecule has 0 aromatic carbocycles. The van der Waals surface area contributed by atoms with Crippen molar-refractivity contribution in [2.75, 3.05) is 0 Å². The number of aryl methyl sites for hydroxylation is 2. The standard InChI is InChI=1S/C22H22F4N4O4/c1-12-9-17(34-11-16-14(23)5-4-8-27-16)19-28-13(2)18(30(19)10-12)20(31)29-15(21(32)33)6-3-7-22(24,25)26/h4-5,8-10,15H,3,6-7,11H2,1-2H3,(H,29,31)(H,32,33)/t15-/m0/s1. The summed E-state index contributed by atoms with van der Waals surface area (Å²) in [6.45, 7) is 3.06. The first-order valence-electron chi connectivity index (χ1n) is 10.3. The molecule has 0 saturated carbocycles. The Kier molecular flexibility index (Phi) is 7.38. The van der Waals surface area contributed by atoms with Gasteiger partial charge < -0.3 is 15.2 Å². The van der Waals surface area contributed by atoms with Crippen LogP contribution in [0.3, 0.4) is 0 Å². The number of hydrogen-bond acceptors (Lipinski definition) is 5. The lowest BCUT2D eigenvalue weighted by atomic mass is 10.1. The second-order valence-corrected chi connectivity index (χ2v) is 7.71. The molecule has 182 valence electrons. The summed E-state index contributed by atoms with van der Waals surface area (Å²) in [4.78, 5) is 32.6. The number of aliphatic carboxylic acids is 1. The Balaban J connectivity index is 1.84. The van der Waals surface area contributed by atoms with Crippen LogP contribution in [0.2, 0.25) is 0 Å². The zero-order valence-corrected chi connectivity index (χ0v) is 18.3. The quantitative estimate of drug-likeness (QED) is 0.447. The Bertz CT molecular complexity index is 1210. The number of alkyl halides is 3. The van der Waals surface area contributed by atoms with E-state index in [9.17, 15) is 32.3 Å². The van der Waals surface area contributed by atoms with Gasteiger partial charge in [-0.1, -0.05) is 0 Å². The lowest BCUT2D eigenvalue weighted by Crippen LogP contribution is -2.41. The van der Waals surface area contributed by atoms with Gasteiger partial charge in [-0.05, 0) is 50.5 Å². The van der Waals surface area contributed by atoms with Crippen molar-refractivity contribution in [2.24, 2.45) is 0 Å². The smallest absolute Gasteiger partial charge is 0.389 e. The fourth-order valence-corrected chi connectivity index (χ4v) is 3.40. The number of nitrogens with one attached hydrogen (secondary N) is 1. The van der Waals surface area contributed by atoms with Crippen LogP contribution in [-0.4, -0.2) is 43.6 Å². The highest BCUT2D eigenvalue weighted by molar-refractivity contribution is 5.97. The Morgan fingerprint density at radius 2 is 2.03 bits per heavy atom. The van der Waals surface area contributed by atoms with Gasteiger partial charge in [-0.25, -0.2) is 14.2 Å². The number of ether oxygens (including phenoxy) is 1. The third kappa shape index (κ3) is 6.00. The number of nitrogens with zero attached hydrogens (tertiary/aromatic N) is 3. The van der Waals surface area contributed by atoms with E-state index >= 15 is 0 Å². The first-order valence-corrected chi connectivity index (χ1v) is 10.3. The average Bonchev–Trinajstić information content (AvgIpc) is 3.07. The molecule has 3 heterocycles. The summed E-state index contributed by atoms with van der Waals surface area (Å²) >= 11 is 0. The minimum absolute atomic E-state index is 0.00892. The molecule has 0 spiro atoms. The van der Waals surface area contributed by atoms with Crippen molar-refractivity contribution >= 4 is 17.5 Å². The monoisotopic (exact) mass is 482 g/mol. The van der Waals surface area contributed by atoms with E-state index < -0.39 is 42.8 Å². The van der Waals surface area contributed by atoms with Crippen molar-refractivity contribution in [3.8, 4) is 5.75 Å². The number of carboxylic acids is 1. The van der Waals surface area contributed by atoms with Crippen LogP contribution in [0.1, 0.15) is 46.7 Å². The molecule has 3 rings (SSSR count). The van der Waals surface area contributed by atoms with E-state index in [1.165, 1.54) is 29.7 Å². The number of rotatable bonds is 9. The van der Waals surface area contributed by atoms with Gasteiger partial charge in [0, 0.05) is 18.8 Å². The molecule has 3 aromatic heterocycles. The first-order chi connectivity index (χ1) is 16.0. The van der Waals surface area contributed by atoms with Crippen LogP contribution >= 0.6 is 0 Å². The van der Waals surface area contributed by atoms with Gasteiger partial charge in [0.25, 0.3) is 5.91 Å². The molecule has 8 nitrogen and oxygen atoms in total. The van der Waals surface area contributed by atoms with Gasteiger partial charge in [-0.15, -0.1) is 0 Å². The third-order valence-electron chi connectivity index (χ3n) is 4.97. The van der Waals surface area contributed by atoms with Gasteiger partial charge in [0.15, 0.2) is 11.4 Å². The van der Waals surface area contributed by atoms with E-state index in [2.05, 4.69) is 15.3 Å². The molecule has 0 unspecified atom stereocenters. The zero-order chi connectivity index (χ0) is 25.0. The molecule has 0 fully saturated rings. The van der Waals surface area contributed by atoms with Gasteiger partial charge in [-0.3, -0.25) is 14.2 Å². The van der Waals surface area contributed by atoms with Crippen molar-refractivity contribution in [2.45, 2.75) is 51.9 Å². The van der Waals surface area contributed by atoms with Crippen molar-refractivity contribution in [1.82, 2.24) is 19.7 Å². The molecule has 12 heteroatoms. The molecule has 1 amide bonds. The lowest BCUT2D eigenvalue weighted by Gasteiger charge is -2.15. The highest BCUT2D eigenvalue weighted by Crippen LogP contribution is 2.26. The minimum atomic E-state index is -4.42. The van der Waals surface area contributed by atoms with Crippen molar-refractivity contribution in [3.63, 3.8) is 0 Å². The Labute approximate surface area is 191 Å². The number of halogens is 4. The number of imidazole rings is 1. The first kappa shape index (κ1) is 24.9. The zero-order valence-electron chi connectivity index (χ0n) is 18.3. The molecular weight excluding hydrogens is 460 g/mol. The summed E-state index contributed by atoms with van der Waals surface area (Å²) in [5.74, 6) is -2.56. The van der Waals surface area contributed by atoms with E-state index in [-0.39, 0.29) is 41.5 Å². The molecule has 0 saturated heterocycles. The minimum Gasteiger partial charge on any atom is -0.483 e. The van der Waals surface area contributed by atoms with Crippen molar-refractivity contribution in [1.29, 1.82) is 0 Å². The maximum absolute atomic E-state index is 13.9. The molecule has 3 aromatic rings. The molecule has 0 bridgehead atoms. The maximum atomic E-state index is 13.9. The van der Waals surface area contributed by atoms with E-state index in [0.717, 1.165) is 0 Å². The molecule has 1 atom stereocenters. The molecule has 0 radical (unpaired) electrons. The Morgan fingerprint density at radius 3 is 2.68 bits per heavy atom. The molecular formula is C22H22F4N4O4.